The van der Waals surface area contributed by atoms with Crippen LogP contribution in [0.1, 0.15) is 11.1 Å². The molecule has 1 nitrogen and oxygen atoms in total. The number of allylic oxidation sites excluding steroid dienone is 1. The normalized spacial score (nSPS) is 10.6. The minimum absolute atomic E-state index is 0.913. The minimum atomic E-state index is 0.913. The first-order chi connectivity index (χ1) is 8.38. The molecule has 0 spiro atoms. The number of benzene rings is 2. The molecule has 2 rings (SSSR count). The maximum atomic E-state index is 5.20. The van der Waals surface area contributed by atoms with Crippen molar-refractivity contribution >= 4 is 6.08 Å². The smallest absolute Gasteiger partial charge is 0.119 e. The van der Waals surface area contributed by atoms with Gasteiger partial charge in [-0.1, -0.05) is 54.6 Å². The van der Waals surface area contributed by atoms with Crippen LogP contribution in [-0.2, 0) is 6.42 Å². The van der Waals surface area contributed by atoms with Gasteiger partial charge < -0.3 is 4.74 Å². The van der Waals surface area contributed by atoms with Crippen molar-refractivity contribution in [3.63, 3.8) is 0 Å². The van der Waals surface area contributed by atoms with E-state index in [-0.39, 0.29) is 0 Å². The van der Waals surface area contributed by atoms with Gasteiger partial charge in [0.25, 0.3) is 0 Å². The molecule has 2 aromatic carbocycles. The van der Waals surface area contributed by atoms with Gasteiger partial charge in [0.15, 0.2) is 0 Å². The fourth-order valence-electron chi connectivity index (χ4n) is 1.69. The summed E-state index contributed by atoms with van der Waals surface area (Å²) in [6, 6.07) is 18.5. The van der Waals surface area contributed by atoms with Gasteiger partial charge in [-0.3, -0.25) is 0 Å². The molecule has 0 saturated heterocycles. The molecule has 0 saturated carbocycles. The van der Waals surface area contributed by atoms with Gasteiger partial charge >= 0.3 is 0 Å². The molecule has 0 heterocycles. The van der Waals surface area contributed by atoms with E-state index in [1.54, 1.807) is 7.11 Å². The van der Waals surface area contributed by atoms with Crippen molar-refractivity contribution in [2.24, 2.45) is 0 Å². The zero-order chi connectivity index (χ0) is 11.9. The fourth-order valence-corrected chi connectivity index (χ4v) is 1.69. The van der Waals surface area contributed by atoms with E-state index in [0.717, 1.165) is 12.2 Å². The lowest BCUT2D eigenvalue weighted by Crippen LogP contribution is -1.85. The highest BCUT2D eigenvalue weighted by Gasteiger charge is 1.93. The van der Waals surface area contributed by atoms with Crippen LogP contribution in [0.4, 0.5) is 0 Å². The SMILES string of the molecule is COc1cccc(C/C=C/c2ccccc2)c1. The zero-order valence-electron chi connectivity index (χ0n) is 9.97. The Labute approximate surface area is 102 Å². The summed E-state index contributed by atoms with van der Waals surface area (Å²) in [5.74, 6) is 0.913. The minimum Gasteiger partial charge on any atom is -0.497 e. The predicted octanol–water partition coefficient (Wildman–Crippen LogP) is 3.95. The zero-order valence-corrected chi connectivity index (χ0v) is 9.97. The molecule has 86 valence electrons. The van der Waals surface area contributed by atoms with E-state index in [9.17, 15) is 0 Å². The van der Waals surface area contributed by atoms with Crippen molar-refractivity contribution in [3.05, 3.63) is 71.8 Å². The topological polar surface area (TPSA) is 9.23 Å². The monoisotopic (exact) mass is 224 g/mol. The standard InChI is InChI=1S/C16H16O/c1-17-16-12-6-11-15(13-16)10-5-9-14-7-3-2-4-8-14/h2-9,11-13H,10H2,1H3/b9-5+. The van der Waals surface area contributed by atoms with Crippen LogP contribution in [0.3, 0.4) is 0 Å². The Morgan fingerprint density at radius 2 is 1.82 bits per heavy atom. The van der Waals surface area contributed by atoms with E-state index >= 15 is 0 Å². The summed E-state index contributed by atoms with van der Waals surface area (Å²) in [7, 11) is 1.69. The van der Waals surface area contributed by atoms with Crippen LogP contribution in [0.25, 0.3) is 6.08 Å². The number of hydrogen-bond acceptors (Lipinski definition) is 1. The molecule has 0 amide bonds. The van der Waals surface area contributed by atoms with Gasteiger partial charge in [-0.15, -0.1) is 0 Å². The molecule has 17 heavy (non-hydrogen) atoms. The average molecular weight is 224 g/mol. The molecule has 2 aromatic rings. The Bertz CT molecular complexity index is 486. The van der Waals surface area contributed by atoms with Crippen molar-refractivity contribution in [1.82, 2.24) is 0 Å². The lowest BCUT2D eigenvalue weighted by atomic mass is 10.1. The summed E-state index contributed by atoms with van der Waals surface area (Å²) >= 11 is 0. The molecule has 0 fully saturated rings. The molecule has 0 N–H and O–H groups in total. The van der Waals surface area contributed by atoms with Gasteiger partial charge in [-0.2, -0.15) is 0 Å². The quantitative estimate of drug-likeness (QED) is 0.764. The molecule has 0 unspecified atom stereocenters. The Balaban J connectivity index is 2.00. The van der Waals surface area contributed by atoms with E-state index in [1.807, 2.05) is 30.3 Å². The third-order valence-corrected chi connectivity index (χ3v) is 2.60. The lowest BCUT2D eigenvalue weighted by Gasteiger charge is -2.01. The van der Waals surface area contributed by atoms with Gasteiger partial charge in [0.2, 0.25) is 0 Å². The third-order valence-electron chi connectivity index (χ3n) is 2.60. The molecule has 0 bridgehead atoms. The highest BCUT2D eigenvalue weighted by atomic mass is 16.5. The second-order valence-electron chi connectivity index (χ2n) is 3.87. The van der Waals surface area contributed by atoms with Crippen LogP contribution in [0.15, 0.2) is 60.7 Å². The molecule has 0 radical (unpaired) electrons. The highest BCUT2D eigenvalue weighted by Crippen LogP contribution is 2.13. The number of rotatable bonds is 4. The van der Waals surface area contributed by atoms with Gasteiger partial charge in [0.1, 0.15) is 5.75 Å². The Morgan fingerprint density at radius 1 is 1.00 bits per heavy atom. The van der Waals surface area contributed by atoms with Crippen LogP contribution < -0.4 is 4.74 Å². The second kappa shape index (κ2) is 5.90. The Hall–Kier alpha value is -2.02. The van der Waals surface area contributed by atoms with E-state index in [1.165, 1.54) is 11.1 Å². The summed E-state index contributed by atoms with van der Waals surface area (Å²) in [4.78, 5) is 0. The number of methoxy groups -OCH3 is 1. The van der Waals surface area contributed by atoms with Crippen molar-refractivity contribution in [2.75, 3.05) is 7.11 Å². The Kier molecular flexibility index (Phi) is 3.98. The van der Waals surface area contributed by atoms with Gasteiger partial charge in [0.05, 0.1) is 7.11 Å². The van der Waals surface area contributed by atoms with Gasteiger partial charge in [0, 0.05) is 0 Å². The number of ether oxygens (including phenoxy) is 1. The van der Waals surface area contributed by atoms with Crippen molar-refractivity contribution in [1.29, 1.82) is 0 Å². The highest BCUT2D eigenvalue weighted by molar-refractivity contribution is 5.49. The molecule has 0 aliphatic carbocycles. The van der Waals surface area contributed by atoms with E-state index < -0.39 is 0 Å². The Morgan fingerprint density at radius 3 is 2.59 bits per heavy atom. The molecular weight excluding hydrogens is 208 g/mol. The second-order valence-corrected chi connectivity index (χ2v) is 3.87. The van der Waals surface area contributed by atoms with Crippen molar-refractivity contribution in [3.8, 4) is 5.75 Å². The molecule has 0 atom stereocenters. The summed E-state index contributed by atoms with van der Waals surface area (Å²) in [6.45, 7) is 0. The van der Waals surface area contributed by atoms with E-state index in [0.29, 0.717) is 0 Å². The molecule has 0 aliphatic heterocycles. The molecule has 0 aromatic heterocycles. The van der Waals surface area contributed by atoms with Crippen LogP contribution in [0.5, 0.6) is 5.75 Å². The average Bonchev–Trinajstić information content (AvgIpc) is 2.40. The third kappa shape index (κ3) is 3.49. The molecular formula is C16H16O. The summed E-state index contributed by atoms with van der Waals surface area (Å²) in [5, 5.41) is 0. The summed E-state index contributed by atoms with van der Waals surface area (Å²) in [6.07, 6.45) is 5.23. The summed E-state index contributed by atoms with van der Waals surface area (Å²) in [5.41, 5.74) is 2.49. The molecule has 1 heteroatoms. The first kappa shape index (κ1) is 11.5. The van der Waals surface area contributed by atoms with E-state index in [2.05, 4.69) is 36.4 Å². The van der Waals surface area contributed by atoms with Crippen molar-refractivity contribution in [2.45, 2.75) is 6.42 Å². The van der Waals surface area contributed by atoms with Gasteiger partial charge in [-0.25, -0.2) is 0 Å². The van der Waals surface area contributed by atoms with Crippen LogP contribution in [0.2, 0.25) is 0 Å². The van der Waals surface area contributed by atoms with Crippen LogP contribution in [0, 0.1) is 0 Å². The largest absolute Gasteiger partial charge is 0.497 e. The molecule has 0 aliphatic rings. The summed E-state index contributed by atoms with van der Waals surface area (Å²) < 4.78 is 5.20. The maximum absolute atomic E-state index is 5.20. The maximum Gasteiger partial charge on any atom is 0.119 e. The number of hydrogen-bond donors (Lipinski definition) is 0. The van der Waals surface area contributed by atoms with Crippen LogP contribution >= 0.6 is 0 Å². The van der Waals surface area contributed by atoms with Crippen LogP contribution in [-0.4, -0.2) is 7.11 Å². The van der Waals surface area contributed by atoms with Gasteiger partial charge in [-0.05, 0) is 29.7 Å². The van der Waals surface area contributed by atoms with Crippen molar-refractivity contribution < 1.29 is 4.74 Å². The fraction of sp³-hybridized carbons (Fsp3) is 0.125. The van der Waals surface area contributed by atoms with E-state index in [4.69, 9.17) is 4.74 Å². The first-order valence-electron chi connectivity index (χ1n) is 5.73. The first-order valence-corrected chi connectivity index (χ1v) is 5.73. The lowest BCUT2D eigenvalue weighted by molar-refractivity contribution is 0.414. The predicted molar refractivity (Wildman–Crippen MR) is 72.2 cm³/mol.